The van der Waals surface area contributed by atoms with Gasteiger partial charge in [0.05, 0.1) is 11.3 Å². The van der Waals surface area contributed by atoms with Gasteiger partial charge in [0.15, 0.2) is 0 Å². The van der Waals surface area contributed by atoms with Crippen molar-refractivity contribution < 1.29 is 4.42 Å². The van der Waals surface area contributed by atoms with Gasteiger partial charge in [-0.3, -0.25) is 0 Å². The minimum Gasteiger partial charge on any atom is -0.469 e. The van der Waals surface area contributed by atoms with Gasteiger partial charge in [-0.15, -0.1) is 0 Å². The van der Waals surface area contributed by atoms with Gasteiger partial charge >= 0.3 is 0 Å². The van der Waals surface area contributed by atoms with Crippen LogP contribution in [0.15, 0.2) is 120 Å². The first-order chi connectivity index (χ1) is 30.7. The Labute approximate surface area is 387 Å². The van der Waals surface area contributed by atoms with Crippen LogP contribution in [0.4, 0.5) is 28.4 Å². The summed E-state index contributed by atoms with van der Waals surface area (Å²) < 4.78 is 7.30. The van der Waals surface area contributed by atoms with Crippen LogP contribution in [0.25, 0.3) is 43.6 Å². The van der Waals surface area contributed by atoms with E-state index in [9.17, 15) is 0 Å². The van der Waals surface area contributed by atoms with E-state index in [-0.39, 0.29) is 27.1 Å². The number of fused-ring (bicyclic) bond motifs is 9. The van der Waals surface area contributed by atoms with Gasteiger partial charge in [0.2, 0.25) is 7.28 Å². The molecule has 0 amide bonds. The summed E-state index contributed by atoms with van der Waals surface area (Å²) in [6, 6.07) is 43.9. The first kappa shape index (κ1) is 41.9. The lowest BCUT2D eigenvalue weighted by atomic mass is 9.60. The Balaban J connectivity index is 1.24. The van der Waals surface area contributed by atoms with Gasteiger partial charge in [-0.1, -0.05) is 149 Å². The van der Waals surface area contributed by atoms with E-state index in [0.29, 0.717) is 0 Å². The highest BCUT2D eigenvalue weighted by Crippen LogP contribution is 2.54. The van der Waals surface area contributed by atoms with Gasteiger partial charge in [0.25, 0.3) is 0 Å². The Morgan fingerprint density at radius 2 is 1.14 bits per heavy atom. The molecule has 0 unspecified atom stereocenters. The van der Waals surface area contributed by atoms with Crippen molar-refractivity contribution in [3.63, 3.8) is 0 Å². The number of aryl methyl sites for hydroxylation is 1. The van der Waals surface area contributed by atoms with Crippen molar-refractivity contribution in [1.82, 2.24) is 0 Å². The lowest BCUT2D eigenvalue weighted by Crippen LogP contribution is -2.41. The highest BCUT2D eigenvalue weighted by Gasteiger charge is 2.42. The van der Waals surface area contributed by atoms with Crippen LogP contribution in [0.1, 0.15) is 135 Å². The van der Waals surface area contributed by atoms with Crippen molar-refractivity contribution in [2.45, 2.75) is 136 Å². The fourth-order valence-corrected chi connectivity index (χ4v) is 11.7. The zero-order valence-corrected chi connectivity index (χ0v) is 40.7. The monoisotopic (exact) mass is 852 g/mol. The standard InChI is InChI=1S/C61H64BN2O/c1-36-31-45-47(60(9,10)29-27-58(45,5)6)34-50(36)64-54-42-20-16-14-18-38(42)32-44(52-41-19-15-13-17-37(41)21-26-49(52)63-40-24-22-39(23-25-40)57(2,3)4)53(54)62-56-55(64)43-33-46-48(35-51(43)65-56)61(11,12)30-28-59(46,7)8/h13-26,31-35,63H,27-30H2,1-12H3. The second-order valence-electron chi connectivity index (χ2n) is 23.5. The Morgan fingerprint density at radius 1 is 0.569 bits per heavy atom. The summed E-state index contributed by atoms with van der Waals surface area (Å²) in [6.07, 6.45) is 4.64. The van der Waals surface area contributed by atoms with E-state index < -0.39 is 0 Å². The molecule has 8 aromatic rings. The van der Waals surface area contributed by atoms with Gasteiger partial charge in [0.1, 0.15) is 5.58 Å². The average molecular weight is 852 g/mol. The van der Waals surface area contributed by atoms with Crippen LogP contribution >= 0.6 is 0 Å². The van der Waals surface area contributed by atoms with Crippen LogP contribution in [0, 0.1) is 6.92 Å². The number of hydrogen-bond donors (Lipinski definition) is 1. The molecule has 4 heteroatoms. The molecule has 0 bridgehead atoms. The minimum atomic E-state index is 0.0343. The van der Waals surface area contributed by atoms with Crippen LogP contribution in [-0.2, 0) is 27.1 Å². The van der Waals surface area contributed by atoms with E-state index in [1.807, 2.05) is 0 Å². The van der Waals surface area contributed by atoms with Crippen LogP contribution in [0.5, 0.6) is 0 Å². The highest BCUT2D eigenvalue weighted by molar-refractivity contribution is 6.73. The fraction of sp³-hybridized carbons (Fsp3) is 0.344. The summed E-state index contributed by atoms with van der Waals surface area (Å²) >= 11 is 0. The number of nitrogens with one attached hydrogen (secondary N) is 1. The lowest BCUT2D eigenvalue weighted by Gasteiger charge is -2.43. The molecule has 3 aliphatic rings. The second kappa shape index (κ2) is 14.1. The molecule has 0 saturated heterocycles. The molecule has 7 aromatic carbocycles. The molecule has 327 valence electrons. The summed E-state index contributed by atoms with van der Waals surface area (Å²) in [5.74, 6) is 0. The van der Waals surface area contributed by atoms with E-state index in [1.54, 1.807) is 0 Å². The van der Waals surface area contributed by atoms with Crippen LogP contribution in [0.2, 0.25) is 0 Å². The molecular formula is C61H64BN2O. The summed E-state index contributed by atoms with van der Waals surface area (Å²) in [5, 5.41) is 9.98. The zero-order chi connectivity index (χ0) is 45.6. The Kier molecular flexibility index (Phi) is 9.12. The van der Waals surface area contributed by atoms with E-state index in [1.165, 1.54) is 94.7 Å². The second-order valence-corrected chi connectivity index (χ2v) is 23.5. The molecule has 3 nitrogen and oxygen atoms in total. The van der Waals surface area contributed by atoms with Crippen molar-refractivity contribution in [2.24, 2.45) is 0 Å². The zero-order valence-electron chi connectivity index (χ0n) is 40.7. The van der Waals surface area contributed by atoms with E-state index >= 15 is 0 Å². The quantitative estimate of drug-likeness (QED) is 0.179. The largest absolute Gasteiger partial charge is 0.469 e. The molecule has 1 radical (unpaired) electrons. The van der Waals surface area contributed by atoms with Crippen molar-refractivity contribution in [1.29, 1.82) is 0 Å². The van der Waals surface area contributed by atoms with Gasteiger partial charge in [-0.05, 0) is 163 Å². The summed E-state index contributed by atoms with van der Waals surface area (Å²) in [7, 11) is 2.38. The van der Waals surface area contributed by atoms with Gasteiger partial charge in [-0.25, -0.2) is 0 Å². The number of furan rings is 1. The average Bonchev–Trinajstić information content (AvgIpc) is 3.63. The molecule has 0 spiro atoms. The fourth-order valence-electron chi connectivity index (χ4n) is 11.7. The third-order valence-electron chi connectivity index (χ3n) is 16.1. The molecular weight excluding hydrogens is 787 g/mol. The number of hydrogen-bond acceptors (Lipinski definition) is 3. The highest BCUT2D eigenvalue weighted by atomic mass is 16.3. The number of nitrogens with zero attached hydrogens (tertiary/aromatic N) is 1. The Morgan fingerprint density at radius 3 is 1.78 bits per heavy atom. The van der Waals surface area contributed by atoms with Gasteiger partial charge < -0.3 is 14.6 Å². The smallest absolute Gasteiger partial charge is 0.247 e. The maximum absolute atomic E-state index is 7.30. The molecule has 0 fully saturated rings. The molecule has 65 heavy (non-hydrogen) atoms. The first-order valence-corrected chi connectivity index (χ1v) is 24.1. The lowest BCUT2D eigenvalue weighted by molar-refractivity contribution is 0.332. The Bertz CT molecular complexity index is 3260. The molecule has 0 saturated carbocycles. The molecule has 0 atom stereocenters. The van der Waals surface area contributed by atoms with Crippen molar-refractivity contribution in [3.05, 3.63) is 149 Å². The maximum atomic E-state index is 7.30. The Hall–Kier alpha value is -5.74. The molecule has 1 N–H and O–H groups in total. The summed E-state index contributed by atoms with van der Waals surface area (Å²) in [5.41, 5.74) is 19.8. The van der Waals surface area contributed by atoms with E-state index in [2.05, 4.69) is 216 Å². The number of anilines is 5. The first-order valence-electron chi connectivity index (χ1n) is 24.1. The van der Waals surface area contributed by atoms with Crippen LogP contribution in [0.3, 0.4) is 0 Å². The van der Waals surface area contributed by atoms with Gasteiger partial charge in [-0.2, -0.15) is 0 Å². The summed E-state index contributed by atoms with van der Waals surface area (Å²) in [4.78, 5) is 2.63. The number of benzene rings is 7. The third-order valence-corrected chi connectivity index (χ3v) is 16.1. The topological polar surface area (TPSA) is 28.4 Å². The predicted octanol–water partition coefficient (Wildman–Crippen LogP) is 15.9. The predicted molar refractivity (Wildman–Crippen MR) is 280 cm³/mol. The minimum absolute atomic E-state index is 0.0343. The molecule has 1 aliphatic heterocycles. The molecule has 1 aromatic heterocycles. The van der Waals surface area contributed by atoms with Crippen molar-refractivity contribution >= 4 is 79.4 Å². The third kappa shape index (κ3) is 6.59. The van der Waals surface area contributed by atoms with Crippen LogP contribution in [-0.4, -0.2) is 7.28 Å². The molecule has 11 rings (SSSR count). The van der Waals surface area contributed by atoms with Crippen LogP contribution < -0.4 is 21.3 Å². The molecule has 2 aliphatic carbocycles. The number of rotatable bonds is 4. The maximum Gasteiger partial charge on any atom is 0.247 e. The van der Waals surface area contributed by atoms with E-state index in [0.717, 1.165) is 47.6 Å². The van der Waals surface area contributed by atoms with Gasteiger partial charge in [0, 0.05) is 39.1 Å². The molecule has 2 heterocycles. The SMILES string of the molecule is Cc1cc2c(cc1N1c3c(c(-c4c(Nc5ccc(C(C)(C)C)cc5)ccc5ccccc45)cc4ccccc34)[B]c3oc4cc5c(cc4c31)C(C)(C)CCC5(C)C)C(C)(C)CCC2(C)C. The van der Waals surface area contributed by atoms with E-state index in [4.69, 9.17) is 4.42 Å². The van der Waals surface area contributed by atoms with Crippen molar-refractivity contribution in [3.8, 4) is 11.1 Å². The summed E-state index contributed by atoms with van der Waals surface area (Å²) in [6.45, 7) is 28.6. The normalized spacial score (nSPS) is 17.9. The van der Waals surface area contributed by atoms with Crippen molar-refractivity contribution in [2.75, 3.05) is 10.2 Å².